The van der Waals surface area contributed by atoms with Crippen LogP contribution in [0.4, 0.5) is 0 Å². The van der Waals surface area contributed by atoms with Crippen LogP contribution in [-0.4, -0.2) is 19.6 Å². The molecule has 0 unspecified atom stereocenters. The van der Waals surface area contributed by atoms with Gasteiger partial charge in [0.25, 0.3) is 0 Å². The molecule has 3 aromatic heterocycles. The lowest BCUT2D eigenvalue weighted by atomic mass is 10.1. The van der Waals surface area contributed by atoms with Crippen molar-refractivity contribution in [2.75, 3.05) is 0 Å². The molecule has 4 nitrogen and oxygen atoms in total. The number of halogens is 1. The van der Waals surface area contributed by atoms with Crippen molar-refractivity contribution in [3.63, 3.8) is 0 Å². The summed E-state index contributed by atoms with van der Waals surface area (Å²) in [4.78, 5) is 8.88. The van der Waals surface area contributed by atoms with Gasteiger partial charge in [-0.25, -0.2) is 14.5 Å². The number of benzene rings is 1. The summed E-state index contributed by atoms with van der Waals surface area (Å²) in [5.74, 6) is 6.21. The minimum atomic E-state index is 0.389. The zero-order valence-electron chi connectivity index (χ0n) is 12.5. The smallest absolute Gasteiger partial charge is 0.155 e. The number of rotatable bonds is 1. The fraction of sp³-hybridized carbons (Fsp3) is 0. The zero-order valence-corrected chi connectivity index (χ0v) is 13.3. The number of fused-ring (bicyclic) bond motifs is 1. The first-order valence-electron chi connectivity index (χ1n) is 7.35. The minimum Gasteiger partial charge on any atom is -0.248 e. The maximum atomic E-state index is 6.04. The summed E-state index contributed by atoms with van der Waals surface area (Å²) in [6.07, 6.45) is 1.71. The summed E-state index contributed by atoms with van der Waals surface area (Å²) in [5.41, 5.74) is 3.82. The molecule has 0 fully saturated rings. The van der Waals surface area contributed by atoms with Gasteiger partial charge in [-0.05, 0) is 36.1 Å². The van der Waals surface area contributed by atoms with E-state index in [-0.39, 0.29) is 0 Å². The predicted octanol–water partition coefficient (Wildman–Crippen LogP) is 3.84. The lowest BCUT2D eigenvalue weighted by molar-refractivity contribution is 0.924. The predicted molar refractivity (Wildman–Crippen MR) is 93.7 cm³/mol. The van der Waals surface area contributed by atoms with E-state index in [1.54, 1.807) is 16.8 Å². The van der Waals surface area contributed by atoms with Gasteiger partial charge in [-0.3, -0.25) is 0 Å². The SMILES string of the molecule is Clc1ccc2nc(-c3ccccc3)c(C#Cc3ccccn3)n2n1. The second-order valence-electron chi connectivity index (χ2n) is 5.07. The van der Waals surface area contributed by atoms with Crippen LogP contribution in [-0.2, 0) is 0 Å². The third-order valence-electron chi connectivity index (χ3n) is 3.47. The van der Waals surface area contributed by atoms with E-state index in [0.717, 1.165) is 11.3 Å². The molecule has 0 atom stereocenters. The fourth-order valence-corrected chi connectivity index (χ4v) is 2.52. The maximum absolute atomic E-state index is 6.04. The van der Waals surface area contributed by atoms with Gasteiger partial charge in [-0.2, -0.15) is 5.10 Å². The van der Waals surface area contributed by atoms with Gasteiger partial charge in [-0.1, -0.05) is 48.0 Å². The molecule has 4 rings (SSSR count). The van der Waals surface area contributed by atoms with Gasteiger partial charge >= 0.3 is 0 Å². The second kappa shape index (κ2) is 6.15. The van der Waals surface area contributed by atoms with Gasteiger partial charge in [0.2, 0.25) is 0 Å². The molecule has 0 saturated heterocycles. The standard InChI is InChI=1S/C19H11ClN4/c20-17-11-12-18-22-19(14-6-2-1-3-7-14)16(24(18)23-17)10-9-15-8-4-5-13-21-15/h1-8,11-13H. The molecular formula is C19H11ClN4. The van der Waals surface area contributed by atoms with Crippen LogP contribution < -0.4 is 0 Å². The average molecular weight is 331 g/mol. The van der Waals surface area contributed by atoms with Crippen molar-refractivity contribution in [2.24, 2.45) is 0 Å². The summed E-state index contributed by atoms with van der Waals surface area (Å²) in [6.45, 7) is 0. The van der Waals surface area contributed by atoms with E-state index < -0.39 is 0 Å². The Balaban J connectivity index is 1.95. The van der Waals surface area contributed by atoms with Crippen molar-refractivity contribution in [1.29, 1.82) is 0 Å². The Morgan fingerprint density at radius 2 is 1.71 bits per heavy atom. The van der Waals surface area contributed by atoms with E-state index in [1.807, 2.05) is 54.6 Å². The Kier molecular flexibility index (Phi) is 3.70. The molecule has 5 heteroatoms. The van der Waals surface area contributed by atoms with Crippen LogP contribution in [0.1, 0.15) is 11.4 Å². The van der Waals surface area contributed by atoms with Crippen LogP contribution in [0, 0.1) is 11.8 Å². The summed E-state index contributed by atoms with van der Waals surface area (Å²) in [6, 6.07) is 19.1. The van der Waals surface area contributed by atoms with Crippen molar-refractivity contribution in [3.8, 4) is 23.1 Å². The summed E-state index contributed by atoms with van der Waals surface area (Å²) in [5, 5.41) is 4.72. The van der Waals surface area contributed by atoms with Crippen LogP contribution in [0.2, 0.25) is 5.15 Å². The Morgan fingerprint density at radius 3 is 2.50 bits per heavy atom. The summed E-state index contributed by atoms with van der Waals surface area (Å²) in [7, 11) is 0. The molecule has 0 radical (unpaired) electrons. The lowest BCUT2D eigenvalue weighted by Gasteiger charge is -1.98. The van der Waals surface area contributed by atoms with E-state index >= 15 is 0 Å². The highest BCUT2D eigenvalue weighted by Crippen LogP contribution is 2.23. The number of imidazole rings is 1. The van der Waals surface area contributed by atoms with Crippen LogP contribution >= 0.6 is 11.6 Å². The molecule has 24 heavy (non-hydrogen) atoms. The molecule has 1 aromatic carbocycles. The molecule has 3 heterocycles. The van der Waals surface area contributed by atoms with Crippen LogP contribution in [0.25, 0.3) is 16.9 Å². The van der Waals surface area contributed by atoms with Gasteiger partial charge in [0.15, 0.2) is 5.65 Å². The summed E-state index contributed by atoms with van der Waals surface area (Å²) < 4.78 is 1.67. The van der Waals surface area contributed by atoms with Crippen molar-refractivity contribution in [1.82, 2.24) is 19.6 Å². The molecule has 0 N–H and O–H groups in total. The summed E-state index contributed by atoms with van der Waals surface area (Å²) >= 11 is 6.04. The van der Waals surface area contributed by atoms with Crippen LogP contribution in [0.15, 0.2) is 66.9 Å². The van der Waals surface area contributed by atoms with Gasteiger partial charge in [-0.15, -0.1) is 0 Å². The quantitative estimate of drug-likeness (QED) is 0.498. The van der Waals surface area contributed by atoms with Gasteiger partial charge < -0.3 is 0 Å². The lowest BCUT2D eigenvalue weighted by Crippen LogP contribution is -1.95. The number of pyridine rings is 1. The number of hydrogen-bond acceptors (Lipinski definition) is 3. The molecule has 0 spiro atoms. The number of nitrogens with zero attached hydrogens (tertiary/aromatic N) is 4. The molecule has 0 aliphatic rings. The molecule has 114 valence electrons. The third-order valence-corrected chi connectivity index (χ3v) is 3.67. The maximum Gasteiger partial charge on any atom is 0.155 e. The van der Waals surface area contributed by atoms with E-state index in [9.17, 15) is 0 Å². The largest absolute Gasteiger partial charge is 0.248 e. The molecule has 0 aliphatic carbocycles. The molecule has 0 bridgehead atoms. The number of hydrogen-bond donors (Lipinski definition) is 0. The fourth-order valence-electron chi connectivity index (χ4n) is 2.38. The van der Waals surface area contributed by atoms with Crippen molar-refractivity contribution in [2.45, 2.75) is 0 Å². The monoisotopic (exact) mass is 330 g/mol. The first-order valence-corrected chi connectivity index (χ1v) is 7.73. The first kappa shape index (κ1) is 14.4. The van der Waals surface area contributed by atoms with Crippen LogP contribution in [0.5, 0.6) is 0 Å². The van der Waals surface area contributed by atoms with Gasteiger partial charge in [0, 0.05) is 11.8 Å². The molecule has 0 amide bonds. The van der Waals surface area contributed by atoms with E-state index in [1.165, 1.54) is 0 Å². The van der Waals surface area contributed by atoms with E-state index in [2.05, 4.69) is 26.9 Å². The van der Waals surface area contributed by atoms with Crippen molar-refractivity contribution < 1.29 is 0 Å². The first-order chi connectivity index (χ1) is 11.8. The third kappa shape index (κ3) is 2.73. The average Bonchev–Trinajstić information content (AvgIpc) is 2.99. The van der Waals surface area contributed by atoms with Gasteiger partial charge in [0.1, 0.15) is 22.2 Å². The normalized spacial score (nSPS) is 10.4. The number of aromatic nitrogens is 4. The Hall–Kier alpha value is -3.16. The molecule has 0 saturated carbocycles. The highest BCUT2D eigenvalue weighted by Gasteiger charge is 2.13. The minimum absolute atomic E-state index is 0.389. The highest BCUT2D eigenvalue weighted by molar-refractivity contribution is 6.29. The highest BCUT2D eigenvalue weighted by atomic mass is 35.5. The second-order valence-corrected chi connectivity index (χ2v) is 5.45. The van der Waals surface area contributed by atoms with E-state index in [4.69, 9.17) is 11.6 Å². The molecule has 0 aliphatic heterocycles. The van der Waals surface area contributed by atoms with E-state index in [0.29, 0.717) is 22.2 Å². The molecular weight excluding hydrogens is 320 g/mol. The Bertz CT molecular complexity index is 1060. The van der Waals surface area contributed by atoms with Crippen LogP contribution in [0.3, 0.4) is 0 Å². The Morgan fingerprint density at radius 1 is 0.875 bits per heavy atom. The zero-order chi connectivity index (χ0) is 16.4. The van der Waals surface area contributed by atoms with Gasteiger partial charge in [0.05, 0.1) is 0 Å². The Labute approximate surface area is 143 Å². The topological polar surface area (TPSA) is 43.1 Å². The molecule has 4 aromatic rings. The van der Waals surface area contributed by atoms with Crippen molar-refractivity contribution in [3.05, 3.63) is 83.4 Å². The van der Waals surface area contributed by atoms with Crippen molar-refractivity contribution >= 4 is 17.2 Å².